The van der Waals surface area contributed by atoms with Crippen LogP contribution >= 0.6 is 0 Å². The highest BCUT2D eigenvalue weighted by molar-refractivity contribution is 5.81. The summed E-state index contributed by atoms with van der Waals surface area (Å²) in [4.78, 5) is 7.75. The SMILES string of the molecule is N=Cc1ncccc1N.c1cc2[nH]ncc2cn1. The van der Waals surface area contributed by atoms with E-state index in [9.17, 15) is 0 Å². The zero-order chi connectivity index (χ0) is 12.8. The molecule has 0 aliphatic heterocycles. The summed E-state index contributed by atoms with van der Waals surface area (Å²) in [5.74, 6) is 0. The molecule has 0 fully saturated rings. The van der Waals surface area contributed by atoms with E-state index in [1.807, 2.05) is 6.07 Å². The summed E-state index contributed by atoms with van der Waals surface area (Å²) in [6.07, 6.45) is 8.01. The number of nitrogen functional groups attached to an aromatic ring is 1. The van der Waals surface area contributed by atoms with E-state index in [1.54, 1.807) is 36.9 Å². The van der Waals surface area contributed by atoms with Crippen LogP contribution in [-0.2, 0) is 0 Å². The van der Waals surface area contributed by atoms with Crippen LogP contribution in [0.25, 0.3) is 10.9 Å². The number of anilines is 1. The minimum atomic E-state index is 0.525. The van der Waals surface area contributed by atoms with E-state index in [4.69, 9.17) is 11.1 Å². The van der Waals surface area contributed by atoms with Crippen LogP contribution in [0, 0.1) is 5.41 Å². The summed E-state index contributed by atoms with van der Waals surface area (Å²) in [5.41, 5.74) is 7.52. The summed E-state index contributed by atoms with van der Waals surface area (Å²) in [6, 6.07) is 5.35. The Balaban J connectivity index is 0.000000134. The lowest BCUT2D eigenvalue weighted by Gasteiger charge is -1.93. The Kier molecular flexibility index (Phi) is 3.60. The molecule has 0 atom stereocenters. The maximum absolute atomic E-state index is 6.82. The lowest BCUT2D eigenvalue weighted by atomic mass is 10.3. The second-order valence-corrected chi connectivity index (χ2v) is 3.46. The fraction of sp³-hybridized carbons (Fsp3) is 0. The first kappa shape index (κ1) is 11.7. The molecule has 0 aromatic carbocycles. The highest BCUT2D eigenvalue weighted by Gasteiger charge is 1.90. The molecular weight excluding hydrogens is 228 g/mol. The molecule has 3 aromatic heterocycles. The number of nitrogens with one attached hydrogen (secondary N) is 2. The van der Waals surface area contributed by atoms with Crippen molar-refractivity contribution in [2.24, 2.45) is 0 Å². The Labute approximate surface area is 103 Å². The molecule has 0 saturated heterocycles. The molecule has 3 heterocycles. The van der Waals surface area contributed by atoms with E-state index in [0.29, 0.717) is 11.4 Å². The number of rotatable bonds is 1. The Morgan fingerprint density at radius 1 is 1.22 bits per heavy atom. The van der Waals surface area contributed by atoms with Gasteiger partial charge in [-0.05, 0) is 18.2 Å². The van der Waals surface area contributed by atoms with E-state index < -0.39 is 0 Å². The van der Waals surface area contributed by atoms with Gasteiger partial charge in [0.2, 0.25) is 0 Å². The van der Waals surface area contributed by atoms with Crippen LogP contribution in [0.15, 0.2) is 43.0 Å². The summed E-state index contributed by atoms with van der Waals surface area (Å²) in [7, 11) is 0. The Bertz CT molecular complexity index is 615. The molecule has 0 amide bonds. The lowest BCUT2D eigenvalue weighted by Crippen LogP contribution is -1.94. The number of hydrogen-bond donors (Lipinski definition) is 3. The molecule has 0 spiro atoms. The van der Waals surface area contributed by atoms with E-state index in [-0.39, 0.29) is 0 Å². The number of hydrogen-bond acceptors (Lipinski definition) is 5. The van der Waals surface area contributed by atoms with E-state index >= 15 is 0 Å². The van der Waals surface area contributed by atoms with E-state index in [1.165, 1.54) is 0 Å². The average Bonchev–Trinajstić information content (AvgIpc) is 2.88. The highest BCUT2D eigenvalue weighted by Crippen LogP contribution is 2.04. The van der Waals surface area contributed by atoms with Gasteiger partial charge in [0.15, 0.2) is 0 Å². The standard InChI is InChI=1S/C6H5N3.C6H7N3/c1-2-7-3-5-4-8-9-6(1)5;7-4-6-5(8)2-1-3-9-6/h1-4H,(H,8,9);1-4,7H,8H2. The van der Waals surface area contributed by atoms with Gasteiger partial charge in [0.05, 0.1) is 17.4 Å². The molecule has 4 N–H and O–H groups in total. The number of aromatic nitrogens is 4. The van der Waals surface area contributed by atoms with Crippen molar-refractivity contribution >= 4 is 22.8 Å². The minimum Gasteiger partial charge on any atom is -0.397 e. The molecule has 0 saturated carbocycles. The molecule has 18 heavy (non-hydrogen) atoms. The summed E-state index contributed by atoms with van der Waals surface area (Å²) in [6.45, 7) is 0. The van der Waals surface area contributed by atoms with Crippen molar-refractivity contribution in [1.29, 1.82) is 5.41 Å². The van der Waals surface area contributed by atoms with E-state index in [2.05, 4.69) is 20.2 Å². The first-order chi connectivity index (χ1) is 8.81. The number of pyridine rings is 2. The van der Waals surface area contributed by atoms with Gasteiger partial charge in [0.1, 0.15) is 5.69 Å². The largest absolute Gasteiger partial charge is 0.397 e. The zero-order valence-corrected chi connectivity index (χ0v) is 9.54. The van der Waals surface area contributed by atoms with Crippen LogP contribution < -0.4 is 5.73 Å². The highest BCUT2D eigenvalue weighted by atomic mass is 15.1. The number of nitrogens with zero attached hydrogens (tertiary/aromatic N) is 3. The fourth-order valence-corrected chi connectivity index (χ4v) is 1.33. The fourth-order valence-electron chi connectivity index (χ4n) is 1.33. The number of nitrogens with two attached hydrogens (primary N) is 1. The van der Waals surface area contributed by atoms with Gasteiger partial charge in [-0.25, -0.2) is 0 Å². The first-order valence-corrected chi connectivity index (χ1v) is 5.25. The summed E-state index contributed by atoms with van der Waals surface area (Å²) >= 11 is 0. The van der Waals surface area contributed by atoms with Crippen molar-refractivity contribution in [1.82, 2.24) is 20.2 Å². The molecule has 3 rings (SSSR count). The summed E-state index contributed by atoms with van der Waals surface area (Å²) in [5, 5.41) is 14.5. The smallest absolute Gasteiger partial charge is 0.103 e. The molecule has 0 aliphatic carbocycles. The van der Waals surface area contributed by atoms with Gasteiger partial charge >= 0.3 is 0 Å². The van der Waals surface area contributed by atoms with Gasteiger partial charge in [-0.1, -0.05) is 0 Å². The Morgan fingerprint density at radius 3 is 2.78 bits per heavy atom. The molecule has 6 heteroatoms. The monoisotopic (exact) mass is 240 g/mol. The van der Waals surface area contributed by atoms with Crippen molar-refractivity contribution < 1.29 is 0 Å². The third-order valence-corrected chi connectivity index (χ3v) is 2.25. The van der Waals surface area contributed by atoms with Crippen molar-refractivity contribution in [3.63, 3.8) is 0 Å². The molecule has 6 nitrogen and oxygen atoms in total. The van der Waals surface area contributed by atoms with Crippen LogP contribution in [0.5, 0.6) is 0 Å². The van der Waals surface area contributed by atoms with Gasteiger partial charge in [-0.15, -0.1) is 0 Å². The van der Waals surface area contributed by atoms with Crippen molar-refractivity contribution in [3.05, 3.63) is 48.7 Å². The topological polar surface area (TPSA) is 104 Å². The van der Waals surface area contributed by atoms with Crippen LogP contribution in [0.3, 0.4) is 0 Å². The molecule has 0 aliphatic rings. The van der Waals surface area contributed by atoms with E-state index in [0.717, 1.165) is 17.1 Å². The number of fused-ring (bicyclic) bond motifs is 1. The second-order valence-electron chi connectivity index (χ2n) is 3.46. The number of aromatic amines is 1. The van der Waals surface area contributed by atoms with Gasteiger partial charge in [-0.3, -0.25) is 15.1 Å². The lowest BCUT2D eigenvalue weighted by molar-refractivity contribution is 1.12. The second kappa shape index (κ2) is 5.53. The first-order valence-electron chi connectivity index (χ1n) is 5.25. The number of H-pyrrole nitrogens is 1. The third kappa shape index (κ3) is 2.67. The van der Waals surface area contributed by atoms with Crippen LogP contribution in [0.2, 0.25) is 0 Å². The normalized spacial score (nSPS) is 9.56. The van der Waals surface area contributed by atoms with Crippen LogP contribution in [0.4, 0.5) is 5.69 Å². The van der Waals surface area contributed by atoms with Gasteiger partial charge in [0.25, 0.3) is 0 Å². The van der Waals surface area contributed by atoms with Gasteiger partial charge in [0, 0.05) is 30.2 Å². The van der Waals surface area contributed by atoms with Crippen molar-refractivity contribution in [2.45, 2.75) is 0 Å². The molecule has 3 aromatic rings. The quantitative estimate of drug-likeness (QED) is 0.562. The average molecular weight is 240 g/mol. The van der Waals surface area contributed by atoms with Crippen molar-refractivity contribution in [2.75, 3.05) is 5.73 Å². The predicted octanol–water partition coefficient (Wildman–Crippen LogP) is 1.62. The predicted molar refractivity (Wildman–Crippen MR) is 70.4 cm³/mol. The van der Waals surface area contributed by atoms with Gasteiger partial charge in [-0.2, -0.15) is 5.10 Å². The maximum Gasteiger partial charge on any atom is 0.103 e. The third-order valence-electron chi connectivity index (χ3n) is 2.25. The Hall–Kier alpha value is -2.76. The van der Waals surface area contributed by atoms with Crippen LogP contribution in [-0.4, -0.2) is 26.4 Å². The molecule has 90 valence electrons. The molecule has 0 radical (unpaired) electrons. The molecule has 0 bridgehead atoms. The minimum absolute atomic E-state index is 0.525. The Morgan fingerprint density at radius 2 is 2.11 bits per heavy atom. The molecular formula is C12H12N6. The summed E-state index contributed by atoms with van der Waals surface area (Å²) < 4.78 is 0. The maximum atomic E-state index is 6.82. The van der Waals surface area contributed by atoms with Crippen molar-refractivity contribution in [3.8, 4) is 0 Å². The molecule has 0 unspecified atom stereocenters. The zero-order valence-electron chi connectivity index (χ0n) is 9.54. The van der Waals surface area contributed by atoms with Crippen LogP contribution in [0.1, 0.15) is 5.69 Å². The van der Waals surface area contributed by atoms with Gasteiger partial charge < -0.3 is 11.1 Å².